The first-order valence-corrected chi connectivity index (χ1v) is 11.7. The molecule has 2 N–H and O–H groups in total. The molecule has 7 nitrogen and oxygen atoms in total. The van der Waals surface area contributed by atoms with Gasteiger partial charge in [0.25, 0.3) is 0 Å². The third kappa shape index (κ3) is 3.86. The van der Waals surface area contributed by atoms with Gasteiger partial charge in [-0.3, -0.25) is 10.1 Å². The number of nitrogens with zero attached hydrogens (tertiary/aromatic N) is 5. The van der Waals surface area contributed by atoms with Crippen LogP contribution in [0.5, 0.6) is 0 Å². The van der Waals surface area contributed by atoms with E-state index >= 15 is 4.39 Å². The summed E-state index contributed by atoms with van der Waals surface area (Å²) in [4.78, 5) is 19.4. The molecular formula is C25H19F2N7S. The number of thiophene rings is 1. The molecule has 6 aromatic rings. The number of aromatic nitrogens is 6. The van der Waals surface area contributed by atoms with Crippen LogP contribution >= 0.6 is 11.3 Å². The third-order valence-electron chi connectivity index (χ3n) is 5.71. The predicted molar refractivity (Wildman–Crippen MR) is 133 cm³/mol. The molecule has 0 radical (unpaired) electrons. The van der Waals surface area contributed by atoms with Gasteiger partial charge in [0.15, 0.2) is 22.4 Å². The number of H-pyrrole nitrogens is 2. The fourth-order valence-corrected chi connectivity index (χ4v) is 4.98. The van der Waals surface area contributed by atoms with Crippen molar-refractivity contribution in [2.75, 3.05) is 14.1 Å². The van der Waals surface area contributed by atoms with E-state index in [0.717, 1.165) is 39.4 Å². The minimum atomic E-state index is -0.443. The van der Waals surface area contributed by atoms with Gasteiger partial charge in [-0.25, -0.2) is 14.4 Å². The van der Waals surface area contributed by atoms with Gasteiger partial charge in [0.1, 0.15) is 11.2 Å². The summed E-state index contributed by atoms with van der Waals surface area (Å²) in [6.45, 7) is 0.727. The van der Waals surface area contributed by atoms with Crippen LogP contribution in [-0.4, -0.2) is 49.1 Å². The average molecular weight is 488 g/mol. The molecule has 0 atom stereocenters. The van der Waals surface area contributed by atoms with Crippen LogP contribution in [0.1, 0.15) is 5.56 Å². The number of nitrogens with one attached hydrogen (secondary N) is 2. The second-order valence-corrected chi connectivity index (χ2v) is 9.55. The monoisotopic (exact) mass is 487 g/mol. The molecule has 0 aliphatic heterocycles. The molecule has 0 spiro atoms. The number of imidazole rings is 1. The quantitative estimate of drug-likeness (QED) is 0.329. The van der Waals surface area contributed by atoms with Gasteiger partial charge in [-0.2, -0.15) is 9.49 Å². The predicted octanol–water partition coefficient (Wildman–Crippen LogP) is 5.63. The van der Waals surface area contributed by atoms with Gasteiger partial charge in [0.05, 0.1) is 5.52 Å². The van der Waals surface area contributed by atoms with Crippen LogP contribution in [-0.2, 0) is 6.54 Å². The van der Waals surface area contributed by atoms with E-state index in [4.69, 9.17) is 0 Å². The summed E-state index contributed by atoms with van der Waals surface area (Å²) >= 11 is 1.05. The number of fused-ring (bicyclic) bond motifs is 2. The molecule has 5 aromatic heterocycles. The Morgan fingerprint density at radius 3 is 2.71 bits per heavy atom. The van der Waals surface area contributed by atoms with Crippen LogP contribution in [0.15, 0.2) is 55.0 Å². The van der Waals surface area contributed by atoms with Crippen LogP contribution in [0.25, 0.3) is 55.2 Å². The zero-order valence-corrected chi connectivity index (χ0v) is 19.6. The Morgan fingerprint density at radius 2 is 1.91 bits per heavy atom. The van der Waals surface area contributed by atoms with Crippen molar-refractivity contribution >= 4 is 33.4 Å². The smallest absolute Gasteiger partial charge is 0.178 e. The van der Waals surface area contributed by atoms with E-state index in [1.165, 1.54) is 12.1 Å². The summed E-state index contributed by atoms with van der Waals surface area (Å²) in [7, 11) is 3.97. The van der Waals surface area contributed by atoms with E-state index in [-0.39, 0.29) is 10.6 Å². The van der Waals surface area contributed by atoms with Gasteiger partial charge in [-0.1, -0.05) is 0 Å². The van der Waals surface area contributed by atoms with Crippen molar-refractivity contribution in [3.05, 3.63) is 71.5 Å². The molecule has 174 valence electrons. The lowest BCUT2D eigenvalue weighted by Gasteiger charge is -2.10. The summed E-state index contributed by atoms with van der Waals surface area (Å²) in [5, 5.41) is 7.43. The fourth-order valence-electron chi connectivity index (χ4n) is 4.21. The highest BCUT2D eigenvalue weighted by Gasteiger charge is 2.19. The molecule has 10 heteroatoms. The Morgan fingerprint density at radius 1 is 1.03 bits per heavy atom. The molecule has 1 aromatic carbocycles. The first kappa shape index (κ1) is 21.5. The van der Waals surface area contributed by atoms with Crippen molar-refractivity contribution in [3.63, 3.8) is 0 Å². The van der Waals surface area contributed by atoms with Crippen LogP contribution < -0.4 is 0 Å². The fraction of sp³-hybridized carbons (Fsp3) is 0.120. The molecule has 0 bridgehead atoms. The van der Waals surface area contributed by atoms with E-state index in [1.54, 1.807) is 24.7 Å². The van der Waals surface area contributed by atoms with Crippen molar-refractivity contribution < 1.29 is 8.78 Å². The Kier molecular flexibility index (Phi) is 5.12. The van der Waals surface area contributed by atoms with Crippen LogP contribution in [0.4, 0.5) is 8.78 Å². The summed E-state index contributed by atoms with van der Waals surface area (Å²) in [6, 6.07) is 10.3. The van der Waals surface area contributed by atoms with E-state index in [0.29, 0.717) is 33.6 Å². The van der Waals surface area contributed by atoms with Crippen molar-refractivity contribution in [1.29, 1.82) is 0 Å². The molecular weight excluding hydrogens is 468 g/mol. The molecule has 0 saturated carbocycles. The lowest BCUT2D eigenvalue weighted by Crippen LogP contribution is -2.10. The zero-order valence-electron chi connectivity index (χ0n) is 18.8. The molecule has 0 unspecified atom stereocenters. The van der Waals surface area contributed by atoms with Gasteiger partial charge >= 0.3 is 0 Å². The van der Waals surface area contributed by atoms with Crippen molar-refractivity contribution in [2.24, 2.45) is 0 Å². The molecule has 35 heavy (non-hydrogen) atoms. The molecule has 0 aliphatic carbocycles. The normalized spacial score (nSPS) is 11.8. The van der Waals surface area contributed by atoms with Crippen LogP contribution in [0.2, 0.25) is 0 Å². The van der Waals surface area contributed by atoms with E-state index in [9.17, 15) is 4.39 Å². The molecule has 6 rings (SSSR count). The van der Waals surface area contributed by atoms with Crippen LogP contribution in [0, 0.1) is 10.9 Å². The standard InChI is InChI=1S/C25H19F2N7S/c1-34(2)12-13-7-15(11-28-10-13)14-8-17-21(18(26)9-14)32-33-23(17)25-30-22-16(5-6-29-24(22)31-25)19-3-4-20(27)35-19/h3-11H,12H2,1-2H3,(H,32,33)(H,29,30,31). The summed E-state index contributed by atoms with van der Waals surface area (Å²) in [6.07, 6.45) is 5.16. The summed E-state index contributed by atoms with van der Waals surface area (Å²) in [5.74, 6) is 0.0255. The second-order valence-electron chi connectivity index (χ2n) is 8.52. The number of halogens is 2. The minimum Gasteiger partial charge on any atom is -0.335 e. The lowest BCUT2D eigenvalue weighted by atomic mass is 10.0. The maximum Gasteiger partial charge on any atom is 0.178 e. The number of rotatable bonds is 5. The Labute approximate surface area is 202 Å². The number of pyridine rings is 2. The van der Waals surface area contributed by atoms with E-state index < -0.39 is 5.82 Å². The molecule has 0 aliphatic rings. The minimum absolute atomic E-state index is 0.218. The Bertz CT molecular complexity index is 1700. The molecule has 5 heterocycles. The lowest BCUT2D eigenvalue weighted by molar-refractivity contribution is 0.402. The average Bonchev–Trinajstić information content (AvgIpc) is 3.56. The van der Waals surface area contributed by atoms with Gasteiger partial charge in [0, 0.05) is 46.5 Å². The van der Waals surface area contributed by atoms with Crippen molar-refractivity contribution in [2.45, 2.75) is 6.54 Å². The summed E-state index contributed by atoms with van der Waals surface area (Å²) in [5.41, 5.74) is 5.23. The highest BCUT2D eigenvalue weighted by molar-refractivity contribution is 7.14. The van der Waals surface area contributed by atoms with E-state index in [2.05, 4.69) is 30.1 Å². The van der Waals surface area contributed by atoms with Crippen LogP contribution in [0.3, 0.4) is 0 Å². The first-order chi connectivity index (χ1) is 17.0. The number of aromatic amines is 2. The third-order valence-corrected chi connectivity index (χ3v) is 6.61. The highest BCUT2D eigenvalue weighted by atomic mass is 32.1. The molecule has 0 fully saturated rings. The maximum absolute atomic E-state index is 15.1. The highest BCUT2D eigenvalue weighted by Crippen LogP contribution is 2.35. The molecule has 0 amide bonds. The number of hydrogen-bond acceptors (Lipinski definition) is 6. The van der Waals surface area contributed by atoms with E-state index in [1.807, 2.05) is 37.2 Å². The van der Waals surface area contributed by atoms with Gasteiger partial charge in [-0.05, 0) is 61.6 Å². The number of hydrogen-bond donors (Lipinski definition) is 2. The Balaban J connectivity index is 1.48. The second kappa shape index (κ2) is 8.33. The number of benzene rings is 1. The topological polar surface area (TPSA) is 86.4 Å². The largest absolute Gasteiger partial charge is 0.335 e. The van der Waals surface area contributed by atoms with Gasteiger partial charge in [0.2, 0.25) is 0 Å². The van der Waals surface area contributed by atoms with Gasteiger partial charge < -0.3 is 9.88 Å². The van der Waals surface area contributed by atoms with Crippen molar-refractivity contribution in [1.82, 2.24) is 35.0 Å². The maximum atomic E-state index is 15.1. The molecule has 0 saturated heterocycles. The van der Waals surface area contributed by atoms with Gasteiger partial charge in [-0.15, -0.1) is 11.3 Å². The first-order valence-electron chi connectivity index (χ1n) is 10.8. The van der Waals surface area contributed by atoms with Crippen molar-refractivity contribution in [3.8, 4) is 33.1 Å². The summed E-state index contributed by atoms with van der Waals surface area (Å²) < 4.78 is 28.7. The zero-order chi connectivity index (χ0) is 24.1. The SMILES string of the molecule is CN(C)Cc1cncc(-c2cc(F)c3n[nH]c(-c4nc5nccc(-c6ccc(F)s6)c5[nH]4)c3c2)c1. The Hall–Kier alpha value is -4.02.